The van der Waals surface area contributed by atoms with Gasteiger partial charge in [0, 0.05) is 6.42 Å². The zero-order chi connectivity index (χ0) is 12.8. The maximum Gasteiger partial charge on any atom is 0.227 e. The molecule has 94 valence electrons. The molecule has 0 aliphatic carbocycles. The van der Waals surface area contributed by atoms with Crippen molar-refractivity contribution in [3.63, 3.8) is 0 Å². The van der Waals surface area contributed by atoms with E-state index in [0.29, 0.717) is 18.8 Å². The molecular weight excluding hydrogens is 232 g/mol. The van der Waals surface area contributed by atoms with Crippen molar-refractivity contribution in [2.45, 2.75) is 12.8 Å². The van der Waals surface area contributed by atoms with Crippen LogP contribution in [-0.2, 0) is 11.2 Å². The van der Waals surface area contributed by atoms with Gasteiger partial charge in [0.2, 0.25) is 11.9 Å². The molecule has 0 saturated carbocycles. The fraction of sp³-hybridized carbons (Fsp3) is 0.250. The zero-order valence-corrected chi connectivity index (χ0v) is 10.0. The lowest BCUT2D eigenvalue weighted by atomic mass is 10.1. The van der Waals surface area contributed by atoms with Crippen LogP contribution < -0.4 is 10.1 Å². The summed E-state index contributed by atoms with van der Waals surface area (Å²) >= 11 is 0. The number of aromatic nitrogens is 3. The lowest BCUT2D eigenvalue weighted by Gasteiger charge is -2.04. The molecule has 6 nitrogen and oxygen atoms in total. The van der Waals surface area contributed by atoms with Crippen molar-refractivity contribution in [3.8, 4) is 5.75 Å². The Morgan fingerprint density at radius 3 is 3.11 bits per heavy atom. The summed E-state index contributed by atoms with van der Waals surface area (Å²) in [6, 6.07) is 7.66. The molecule has 0 aliphatic heterocycles. The number of amides is 1. The van der Waals surface area contributed by atoms with Gasteiger partial charge in [-0.05, 0) is 24.1 Å². The van der Waals surface area contributed by atoms with Gasteiger partial charge in [0.05, 0.1) is 7.11 Å². The molecule has 6 heteroatoms. The quantitative estimate of drug-likeness (QED) is 0.835. The van der Waals surface area contributed by atoms with Gasteiger partial charge in [-0.1, -0.05) is 12.1 Å². The Morgan fingerprint density at radius 2 is 2.39 bits per heavy atom. The number of methoxy groups -OCH3 is 1. The van der Waals surface area contributed by atoms with E-state index in [1.54, 1.807) is 7.11 Å². The first kappa shape index (κ1) is 12.1. The van der Waals surface area contributed by atoms with Crippen LogP contribution in [-0.4, -0.2) is 28.2 Å². The van der Waals surface area contributed by atoms with Gasteiger partial charge in [-0.3, -0.25) is 10.1 Å². The molecule has 1 heterocycles. The monoisotopic (exact) mass is 246 g/mol. The molecule has 0 radical (unpaired) electrons. The Kier molecular flexibility index (Phi) is 3.90. The third kappa shape index (κ3) is 3.31. The van der Waals surface area contributed by atoms with E-state index in [1.807, 2.05) is 24.3 Å². The number of aromatic amines is 1. The maximum absolute atomic E-state index is 11.6. The third-order valence-corrected chi connectivity index (χ3v) is 2.45. The Labute approximate surface area is 104 Å². The van der Waals surface area contributed by atoms with E-state index in [4.69, 9.17) is 4.74 Å². The third-order valence-electron chi connectivity index (χ3n) is 2.45. The molecule has 18 heavy (non-hydrogen) atoms. The van der Waals surface area contributed by atoms with Crippen molar-refractivity contribution in [3.05, 3.63) is 36.2 Å². The topological polar surface area (TPSA) is 79.9 Å². The first-order valence-corrected chi connectivity index (χ1v) is 5.56. The number of benzene rings is 1. The maximum atomic E-state index is 11.6. The first-order valence-electron chi connectivity index (χ1n) is 5.56. The van der Waals surface area contributed by atoms with E-state index >= 15 is 0 Å². The number of hydrogen-bond donors (Lipinski definition) is 2. The molecule has 2 N–H and O–H groups in total. The summed E-state index contributed by atoms with van der Waals surface area (Å²) in [4.78, 5) is 15.4. The summed E-state index contributed by atoms with van der Waals surface area (Å²) in [7, 11) is 1.62. The SMILES string of the molecule is COc1cccc(CCC(=O)Nc2ncn[nH]2)c1. The zero-order valence-electron chi connectivity index (χ0n) is 10.0. The molecule has 1 aromatic carbocycles. The van der Waals surface area contributed by atoms with E-state index in [0.717, 1.165) is 11.3 Å². The van der Waals surface area contributed by atoms with Crippen LogP contribution in [0.3, 0.4) is 0 Å². The Hall–Kier alpha value is -2.37. The fourth-order valence-corrected chi connectivity index (χ4v) is 1.55. The molecule has 2 rings (SSSR count). The Balaban J connectivity index is 1.85. The standard InChI is InChI=1S/C12H14N4O2/c1-18-10-4-2-3-9(7-10)5-6-11(17)15-12-13-8-14-16-12/h2-4,7-8H,5-6H2,1H3,(H2,13,14,15,16,17). The van der Waals surface area contributed by atoms with E-state index in [-0.39, 0.29) is 5.91 Å². The molecule has 1 amide bonds. The molecule has 0 saturated heterocycles. The van der Waals surface area contributed by atoms with Crippen LogP contribution in [0.15, 0.2) is 30.6 Å². The first-order chi connectivity index (χ1) is 8.78. The minimum Gasteiger partial charge on any atom is -0.497 e. The van der Waals surface area contributed by atoms with Gasteiger partial charge in [0.15, 0.2) is 0 Å². The normalized spacial score (nSPS) is 10.1. The highest BCUT2D eigenvalue weighted by Gasteiger charge is 2.05. The predicted octanol–water partition coefficient (Wildman–Crippen LogP) is 1.38. The summed E-state index contributed by atoms with van der Waals surface area (Å²) in [6.07, 6.45) is 2.38. The number of nitrogens with zero attached hydrogens (tertiary/aromatic N) is 2. The van der Waals surface area contributed by atoms with Gasteiger partial charge >= 0.3 is 0 Å². The summed E-state index contributed by atoms with van der Waals surface area (Å²) in [6.45, 7) is 0. The van der Waals surface area contributed by atoms with Crippen molar-refractivity contribution in [1.29, 1.82) is 0 Å². The van der Waals surface area contributed by atoms with Crippen LogP contribution in [0, 0.1) is 0 Å². The molecule has 0 unspecified atom stereocenters. The molecule has 0 fully saturated rings. The number of hydrogen-bond acceptors (Lipinski definition) is 4. The van der Waals surface area contributed by atoms with Crippen molar-refractivity contribution >= 4 is 11.9 Å². The average molecular weight is 246 g/mol. The second-order valence-electron chi connectivity index (χ2n) is 3.73. The highest BCUT2D eigenvalue weighted by atomic mass is 16.5. The predicted molar refractivity (Wildman–Crippen MR) is 66.3 cm³/mol. The second-order valence-corrected chi connectivity index (χ2v) is 3.73. The van der Waals surface area contributed by atoms with Crippen LogP contribution in [0.5, 0.6) is 5.75 Å². The highest BCUT2D eigenvalue weighted by Crippen LogP contribution is 2.14. The van der Waals surface area contributed by atoms with Gasteiger partial charge in [-0.15, -0.1) is 0 Å². The summed E-state index contributed by atoms with van der Waals surface area (Å²) in [5.74, 6) is 1.06. The molecule has 0 spiro atoms. The number of carbonyl (C=O) groups is 1. The second kappa shape index (κ2) is 5.81. The number of aryl methyl sites for hydroxylation is 1. The number of H-pyrrole nitrogens is 1. The molecule has 0 aliphatic rings. The van der Waals surface area contributed by atoms with E-state index in [9.17, 15) is 4.79 Å². The largest absolute Gasteiger partial charge is 0.497 e. The highest BCUT2D eigenvalue weighted by molar-refractivity contribution is 5.88. The van der Waals surface area contributed by atoms with E-state index in [1.165, 1.54) is 6.33 Å². The molecule has 0 atom stereocenters. The summed E-state index contributed by atoms with van der Waals surface area (Å²) in [5, 5.41) is 8.84. The molecule has 0 bridgehead atoms. The summed E-state index contributed by atoms with van der Waals surface area (Å²) < 4.78 is 5.12. The smallest absolute Gasteiger partial charge is 0.227 e. The van der Waals surface area contributed by atoms with E-state index < -0.39 is 0 Å². The van der Waals surface area contributed by atoms with Crippen molar-refractivity contribution in [2.24, 2.45) is 0 Å². The number of ether oxygens (including phenoxy) is 1. The van der Waals surface area contributed by atoms with Crippen LogP contribution >= 0.6 is 0 Å². The van der Waals surface area contributed by atoms with Crippen molar-refractivity contribution in [1.82, 2.24) is 15.2 Å². The van der Waals surface area contributed by atoms with Crippen LogP contribution in [0.25, 0.3) is 0 Å². The number of rotatable bonds is 5. The van der Waals surface area contributed by atoms with Gasteiger partial charge < -0.3 is 4.74 Å². The van der Waals surface area contributed by atoms with Crippen LogP contribution in [0.1, 0.15) is 12.0 Å². The van der Waals surface area contributed by atoms with Gasteiger partial charge in [0.1, 0.15) is 12.1 Å². The average Bonchev–Trinajstić information content (AvgIpc) is 2.89. The van der Waals surface area contributed by atoms with Crippen LogP contribution in [0.4, 0.5) is 5.95 Å². The van der Waals surface area contributed by atoms with Gasteiger partial charge in [-0.25, -0.2) is 5.10 Å². The Bertz CT molecular complexity index is 511. The fourth-order valence-electron chi connectivity index (χ4n) is 1.55. The minimum absolute atomic E-state index is 0.102. The number of carbonyl (C=O) groups excluding carboxylic acids is 1. The minimum atomic E-state index is -0.102. The number of anilines is 1. The van der Waals surface area contributed by atoms with Gasteiger partial charge in [0.25, 0.3) is 0 Å². The number of nitrogens with one attached hydrogen (secondary N) is 2. The van der Waals surface area contributed by atoms with E-state index in [2.05, 4.69) is 20.5 Å². The lowest BCUT2D eigenvalue weighted by Crippen LogP contribution is -2.13. The summed E-state index contributed by atoms with van der Waals surface area (Å²) in [5.41, 5.74) is 1.06. The molecule has 2 aromatic rings. The molecule has 1 aromatic heterocycles. The van der Waals surface area contributed by atoms with Crippen molar-refractivity contribution < 1.29 is 9.53 Å². The van der Waals surface area contributed by atoms with Gasteiger partial charge in [-0.2, -0.15) is 10.1 Å². The lowest BCUT2D eigenvalue weighted by molar-refractivity contribution is -0.116. The molecular formula is C12H14N4O2. The van der Waals surface area contributed by atoms with Crippen LogP contribution in [0.2, 0.25) is 0 Å². The van der Waals surface area contributed by atoms with Crippen molar-refractivity contribution in [2.75, 3.05) is 12.4 Å². The Morgan fingerprint density at radius 1 is 1.50 bits per heavy atom.